The van der Waals surface area contributed by atoms with Crippen molar-refractivity contribution in [3.8, 4) is 0 Å². The van der Waals surface area contributed by atoms with E-state index >= 15 is 0 Å². The first-order valence-corrected chi connectivity index (χ1v) is 17.1. The van der Waals surface area contributed by atoms with Crippen molar-refractivity contribution in [3.05, 3.63) is 0 Å². The number of nitrogens with two attached hydrogens (primary N) is 2. The predicted molar refractivity (Wildman–Crippen MR) is 180 cm³/mol. The van der Waals surface area contributed by atoms with Crippen molar-refractivity contribution in [2.45, 2.75) is 137 Å². The van der Waals surface area contributed by atoms with E-state index in [2.05, 4.69) is 21.3 Å². The Hall–Kier alpha value is -3.26. The normalized spacial score (nSPS) is 18.1. The van der Waals surface area contributed by atoms with Gasteiger partial charge in [0.1, 0.15) is 30.2 Å². The number of unbranched alkanes of at least 4 members (excludes halogenated alkanes) is 1. The monoisotopic (exact) mass is 667 g/mol. The van der Waals surface area contributed by atoms with Crippen LogP contribution in [0.1, 0.15) is 100 Å². The number of carbonyl (C=O) groups is 6. The third-order valence-corrected chi connectivity index (χ3v) is 8.28. The fourth-order valence-electron chi connectivity index (χ4n) is 5.64. The molecule has 0 bridgehead atoms. The van der Waals surface area contributed by atoms with E-state index < -0.39 is 71.8 Å². The summed E-state index contributed by atoms with van der Waals surface area (Å²) in [5, 5.41) is 20.5. The third kappa shape index (κ3) is 13.8. The topological polar surface area (TPSA) is 226 Å². The smallest absolute Gasteiger partial charge is 0.326 e. The number of likely N-dealkylation sites (tertiary alicyclic amines) is 1. The van der Waals surface area contributed by atoms with E-state index in [4.69, 9.17) is 11.5 Å². The van der Waals surface area contributed by atoms with Gasteiger partial charge in [-0.05, 0) is 75.2 Å². The first-order valence-electron chi connectivity index (χ1n) is 17.1. The standard InChI is InChI=1S/C33H61N7O7/c1-18(2)16-22(35)28(41)38-26(20(5)6)31(44)37-24(17-19(3)4)29(42)39-27(21(7)8)32(45)40-15-11-13-25(40)30(43)36-23(33(46)47)12-9-10-14-34/h18-27H,9-17,34-35H2,1-8H3,(H,36,43)(H,37,44)(H,38,41)(H,39,42)(H,46,47)/t22-,23-,24-,25-,26-,27-/m0/s1. The molecule has 9 N–H and O–H groups in total. The zero-order valence-corrected chi connectivity index (χ0v) is 29.6. The molecule has 14 heteroatoms. The molecule has 47 heavy (non-hydrogen) atoms. The maximum atomic E-state index is 13.8. The molecule has 1 saturated heterocycles. The highest BCUT2D eigenvalue weighted by molar-refractivity contribution is 5.96. The van der Waals surface area contributed by atoms with Crippen LogP contribution in [0.25, 0.3) is 0 Å². The molecule has 0 saturated carbocycles. The molecule has 0 unspecified atom stereocenters. The van der Waals surface area contributed by atoms with E-state index in [9.17, 15) is 33.9 Å². The maximum absolute atomic E-state index is 13.8. The van der Waals surface area contributed by atoms with Crippen LogP contribution in [0.5, 0.6) is 0 Å². The molecule has 0 spiro atoms. The lowest BCUT2D eigenvalue weighted by molar-refractivity contribution is -0.145. The minimum atomic E-state index is -1.16. The van der Waals surface area contributed by atoms with Gasteiger partial charge in [-0.2, -0.15) is 0 Å². The molecular weight excluding hydrogens is 606 g/mol. The molecule has 1 rings (SSSR count). The highest BCUT2D eigenvalue weighted by atomic mass is 16.4. The molecule has 1 fully saturated rings. The van der Waals surface area contributed by atoms with Crippen molar-refractivity contribution in [2.75, 3.05) is 13.1 Å². The highest BCUT2D eigenvalue weighted by Crippen LogP contribution is 2.21. The first kappa shape index (κ1) is 41.8. The number of nitrogens with one attached hydrogen (secondary N) is 4. The second-order valence-corrected chi connectivity index (χ2v) is 14.3. The van der Waals surface area contributed by atoms with Crippen LogP contribution in [-0.4, -0.2) is 94.9 Å². The number of hydrogen-bond donors (Lipinski definition) is 7. The van der Waals surface area contributed by atoms with Gasteiger partial charge in [-0.1, -0.05) is 55.4 Å². The second kappa shape index (κ2) is 20.2. The Balaban J connectivity index is 3.11. The van der Waals surface area contributed by atoms with Gasteiger partial charge in [-0.25, -0.2) is 4.79 Å². The molecule has 0 aliphatic carbocycles. The fraction of sp³-hybridized carbons (Fsp3) is 0.818. The summed E-state index contributed by atoms with van der Waals surface area (Å²) in [4.78, 5) is 80.1. The molecule has 1 aliphatic heterocycles. The summed E-state index contributed by atoms with van der Waals surface area (Å²) < 4.78 is 0. The number of carbonyl (C=O) groups excluding carboxylic acids is 5. The Kier molecular flexibility index (Phi) is 17.9. The lowest BCUT2D eigenvalue weighted by Crippen LogP contribution is -2.60. The summed E-state index contributed by atoms with van der Waals surface area (Å²) in [5.41, 5.74) is 11.5. The molecule has 1 aliphatic rings. The SMILES string of the molecule is CC(C)C[C@H](NC(=O)[C@@H](NC(=O)[C@@H](N)CC(C)C)C(C)C)C(=O)N[C@H](C(=O)N1CCC[C@H]1C(=O)N[C@@H](CCCCN)C(=O)O)C(C)C. The number of carboxylic acid groups (broad SMARTS) is 1. The van der Waals surface area contributed by atoms with Gasteiger partial charge >= 0.3 is 5.97 Å². The molecule has 270 valence electrons. The zero-order valence-electron chi connectivity index (χ0n) is 29.6. The predicted octanol–water partition coefficient (Wildman–Crippen LogP) is 0.862. The van der Waals surface area contributed by atoms with E-state index in [1.54, 1.807) is 27.7 Å². The van der Waals surface area contributed by atoms with Crippen LogP contribution in [-0.2, 0) is 28.8 Å². The first-order chi connectivity index (χ1) is 21.9. The quantitative estimate of drug-likeness (QED) is 0.0913. The van der Waals surface area contributed by atoms with Crippen molar-refractivity contribution in [2.24, 2.45) is 35.1 Å². The molecular formula is C33H61N7O7. The van der Waals surface area contributed by atoms with Gasteiger partial charge in [0, 0.05) is 6.54 Å². The minimum Gasteiger partial charge on any atom is -0.480 e. The van der Waals surface area contributed by atoms with E-state index in [0.717, 1.165) is 0 Å². The van der Waals surface area contributed by atoms with Crippen LogP contribution in [0.4, 0.5) is 0 Å². The summed E-state index contributed by atoms with van der Waals surface area (Å²) in [6.45, 7) is 15.5. The van der Waals surface area contributed by atoms with Crippen molar-refractivity contribution < 1.29 is 33.9 Å². The van der Waals surface area contributed by atoms with Gasteiger partial charge < -0.3 is 42.7 Å². The summed E-state index contributed by atoms with van der Waals surface area (Å²) in [6, 6.07) is -5.68. The van der Waals surface area contributed by atoms with Crippen molar-refractivity contribution in [1.29, 1.82) is 0 Å². The summed E-state index contributed by atoms with van der Waals surface area (Å²) >= 11 is 0. The minimum absolute atomic E-state index is 0.00417. The van der Waals surface area contributed by atoms with Crippen LogP contribution in [0, 0.1) is 23.7 Å². The lowest BCUT2D eigenvalue weighted by Gasteiger charge is -2.32. The van der Waals surface area contributed by atoms with Crippen LogP contribution < -0.4 is 32.7 Å². The summed E-state index contributed by atoms with van der Waals surface area (Å²) in [6.07, 6.45) is 3.02. The number of aliphatic carboxylic acids is 1. The summed E-state index contributed by atoms with van der Waals surface area (Å²) in [5.74, 6) is -4.17. The van der Waals surface area contributed by atoms with Crippen LogP contribution in [0.2, 0.25) is 0 Å². The average molecular weight is 668 g/mol. The maximum Gasteiger partial charge on any atom is 0.326 e. The van der Waals surface area contributed by atoms with Gasteiger partial charge in [0.25, 0.3) is 0 Å². The molecule has 0 aromatic rings. The number of rotatable bonds is 20. The van der Waals surface area contributed by atoms with E-state index in [1.165, 1.54) is 4.90 Å². The zero-order chi connectivity index (χ0) is 36.0. The number of hydrogen-bond acceptors (Lipinski definition) is 8. The Morgan fingerprint density at radius 1 is 0.745 bits per heavy atom. The molecule has 0 aromatic carbocycles. The molecule has 1 heterocycles. The number of nitrogens with zero attached hydrogens (tertiary/aromatic N) is 1. The van der Waals surface area contributed by atoms with Gasteiger partial charge in [0.2, 0.25) is 29.5 Å². The molecule has 5 amide bonds. The number of amides is 5. The highest BCUT2D eigenvalue weighted by Gasteiger charge is 2.40. The molecule has 0 aromatic heterocycles. The number of carboxylic acids is 1. The fourth-order valence-corrected chi connectivity index (χ4v) is 5.64. The van der Waals surface area contributed by atoms with Crippen molar-refractivity contribution in [3.63, 3.8) is 0 Å². The Labute approximate surface area is 280 Å². The second-order valence-electron chi connectivity index (χ2n) is 14.3. The van der Waals surface area contributed by atoms with E-state index in [0.29, 0.717) is 38.6 Å². The van der Waals surface area contributed by atoms with E-state index in [-0.39, 0.29) is 43.1 Å². The lowest BCUT2D eigenvalue weighted by atomic mass is 9.97. The summed E-state index contributed by atoms with van der Waals surface area (Å²) in [7, 11) is 0. The molecule has 14 nitrogen and oxygen atoms in total. The van der Waals surface area contributed by atoms with Crippen LogP contribution in [0.3, 0.4) is 0 Å². The van der Waals surface area contributed by atoms with Gasteiger partial charge in [-0.3, -0.25) is 24.0 Å². The molecule has 6 atom stereocenters. The van der Waals surface area contributed by atoms with Gasteiger partial charge in [0.05, 0.1) is 6.04 Å². The Morgan fingerprint density at radius 3 is 1.83 bits per heavy atom. The van der Waals surface area contributed by atoms with Gasteiger partial charge in [-0.15, -0.1) is 0 Å². The van der Waals surface area contributed by atoms with Crippen molar-refractivity contribution in [1.82, 2.24) is 26.2 Å². The van der Waals surface area contributed by atoms with E-state index in [1.807, 2.05) is 27.7 Å². The Bertz CT molecular complexity index is 1070. The molecule has 0 radical (unpaired) electrons. The Morgan fingerprint density at radius 2 is 1.32 bits per heavy atom. The van der Waals surface area contributed by atoms with Crippen LogP contribution in [0.15, 0.2) is 0 Å². The van der Waals surface area contributed by atoms with Crippen molar-refractivity contribution >= 4 is 35.5 Å². The largest absolute Gasteiger partial charge is 0.480 e. The third-order valence-electron chi connectivity index (χ3n) is 8.28. The van der Waals surface area contributed by atoms with Crippen LogP contribution >= 0.6 is 0 Å². The van der Waals surface area contributed by atoms with Gasteiger partial charge in [0.15, 0.2) is 0 Å². The average Bonchev–Trinajstić information content (AvgIpc) is 3.46.